The molecule has 3 heteroatoms. The van der Waals surface area contributed by atoms with Crippen LogP contribution in [0.5, 0.6) is 0 Å². The third kappa shape index (κ3) is 3.98. The maximum atomic E-state index is 10.9. The van der Waals surface area contributed by atoms with E-state index in [1.165, 1.54) is 19.8 Å². The molecule has 0 saturated heterocycles. The Morgan fingerprint density at radius 3 is 2.59 bits per heavy atom. The number of aliphatic hydroxyl groups is 1. The third-order valence-corrected chi connectivity index (χ3v) is 4.38. The van der Waals surface area contributed by atoms with Gasteiger partial charge in [-0.2, -0.15) is 0 Å². The van der Waals surface area contributed by atoms with Crippen LogP contribution in [-0.2, 0) is 9.53 Å². The Kier molecular flexibility index (Phi) is 4.99. The van der Waals surface area contributed by atoms with Crippen LogP contribution < -0.4 is 0 Å². The van der Waals surface area contributed by atoms with E-state index in [4.69, 9.17) is 4.74 Å². The summed E-state index contributed by atoms with van der Waals surface area (Å²) in [5.74, 6) is 1.40. The zero-order valence-electron chi connectivity index (χ0n) is 11.5. The normalized spacial score (nSPS) is 30.1. The maximum absolute atomic E-state index is 10.9. The summed E-state index contributed by atoms with van der Waals surface area (Å²) in [7, 11) is 0. The van der Waals surface area contributed by atoms with Crippen LogP contribution in [0, 0.1) is 23.2 Å². The quantitative estimate of drug-likeness (QED) is 0.771. The van der Waals surface area contributed by atoms with Gasteiger partial charge in [0.2, 0.25) is 0 Å². The molecule has 17 heavy (non-hydrogen) atoms. The molecule has 3 atom stereocenters. The Hall–Kier alpha value is -0.570. The molecule has 0 amide bonds. The zero-order chi connectivity index (χ0) is 13.1. The fraction of sp³-hybridized carbons (Fsp3) is 0.929. The van der Waals surface area contributed by atoms with Crippen molar-refractivity contribution in [2.75, 3.05) is 13.2 Å². The largest absolute Gasteiger partial charge is 0.466 e. The first-order valence-electron chi connectivity index (χ1n) is 6.61. The minimum absolute atomic E-state index is 0.0192. The van der Waals surface area contributed by atoms with Crippen LogP contribution in [0.25, 0.3) is 0 Å². The van der Waals surface area contributed by atoms with Gasteiger partial charge in [0, 0.05) is 13.5 Å². The van der Waals surface area contributed by atoms with Crippen molar-refractivity contribution in [3.63, 3.8) is 0 Å². The molecule has 100 valence electrons. The Morgan fingerprint density at radius 2 is 2.06 bits per heavy atom. The Labute approximate surface area is 105 Å². The van der Waals surface area contributed by atoms with Gasteiger partial charge in [-0.25, -0.2) is 0 Å². The van der Waals surface area contributed by atoms with Gasteiger partial charge in [-0.1, -0.05) is 27.2 Å². The molecule has 0 aromatic carbocycles. The molecule has 0 aromatic rings. The van der Waals surface area contributed by atoms with E-state index >= 15 is 0 Å². The number of rotatable bonds is 4. The first-order valence-corrected chi connectivity index (χ1v) is 6.61. The molecule has 1 aliphatic rings. The minimum Gasteiger partial charge on any atom is -0.466 e. The van der Waals surface area contributed by atoms with Gasteiger partial charge in [0.05, 0.1) is 6.61 Å². The molecule has 3 unspecified atom stereocenters. The lowest BCUT2D eigenvalue weighted by Crippen LogP contribution is -2.36. The van der Waals surface area contributed by atoms with E-state index in [2.05, 4.69) is 20.8 Å². The molecule has 3 nitrogen and oxygen atoms in total. The first kappa shape index (κ1) is 14.5. The lowest BCUT2D eigenvalue weighted by Gasteiger charge is -2.41. The highest BCUT2D eigenvalue weighted by atomic mass is 16.5. The molecular weight excluding hydrogens is 216 g/mol. The molecule has 0 radical (unpaired) electrons. The smallest absolute Gasteiger partial charge is 0.302 e. The van der Waals surface area contributed by atoms with Crippen LogP contribution in [0.2, 0.25) is 0 Å². The summed E-state index contributed by atoms with van der Waals surface area (Å²) < 4.78 is 5.14. The number of aliphatic hydroxyl groups excluding tert-OH is 1. The van der Waals surface area contributed by atoms with Crippen LogP contribution in [0.3, 0.4) is 0 Å². The van der Waals surface area contributed by atoms with Crippen LogP contribution in [-0.4, -0.2) is 24.3 Å². The predicted octanol–water partition coefficient (Wildman–Crippen LogP) is 2.62. The highest BCUT2D eigenvalue weighted by molar-refractivity contribution is 5.65. The van der Waals surface area contributed by atoms with Crippen LogP contribution in [0.4, 0.5) is 0 Å². The van der Waals surface area contributed by atoms with Crippen molar-refractivity contribution >= 4 is 5.97 Å². The Bertz CT molecular complexity index is 260. The second-order valence-electron chi connectivity index (χ2n) is 6.20. The van der Waals surface area contributed by atoms with E-state index in [0.29, 0.717) is 24.4 Å². The number of ether oxygens (including phenoxy) is 1. The predicted molar refractivity (Wildman–Crippen MR) is 67.5 cm³/mol. The van der Waals surface area contributed by atoms with Crippen molar-refractivity contribution in [3.8, 4) is 0 Å². The molecule has 0 aromatic heterocycles. The van der Waals surface area contributed by atoms with Gasteiger partial charge in [0.15, 0.2) is 0 Å². The zero-order valence-corrected chi connectivity index (χ0v) is 11.5. The lowest BCUT2D eigenvalue weighted by molar-refractivity contribution is -0.143. The summed E-state index contributed by atoms with van der Waals surface area (Å²) in [6, 6.07) is 0. The fourth-order valence-electron chi connectivity index (χ4n) is 2.71. The van der Waals surface area contributed by atoms with E-state index in [1.807, 2.05) is 0 Å². The molecule has 1 fully saturated rings. The standard InChI is InChI=1S/C14H26O3/c1-10-5-6-13(14(3,4)9-15)7-12(10)8-17-11(2)16/h10,12-13,15H,5-9H2,1-4H3. The van der Waals surface area contributed by atoms with Gasteiger partial charge < -0.3 is 9.84 Å². The molecular formula is C14H26O3. The summed E-state index contributed by atoms with van der Waals surface area (Å²) in [6.45, 7) is 8.70. The van der Waals surface area contributed by atoms with Crippen LogP contribution in [0.15, 0.2) is 0 Å². The average molecular weight is 242 g/mol. The molecule has 1 N–H and O–H groups in total. The number of carbonyl (C=O) groups excluding carboxylic acids is 1. The van der Waals surface area contributed by atoms with E-state index in [1.54, 1.807) is 0 Å². The molecule has 1 aliphatic carbocycles. The van der Waals surface area contributed by atoms with Crippen molar-refractivity contribution in [2.45, 2.75) is 47.0 Å². The van der Waals surface area contributed by atoms with Crippen LogP contribution >= 0.6 is 0 Å². The number of carbonyl (C=O) groups is 1. The van der Waals surface area contributed by atoms with Crippen molar-refractivity contribution in [3.05, 3.63) is 0 Å². The Morgan fingerprint density at radius 1 is 1.41 bits per heavy atom. The summed E-state index contributed by atoms with van der Waals surface area (Å²) in [5, 5.41) is 9.43. The van der Waals surface area contributed by atoms with Gasteiger partial charge in [0.25, 0.3) is 0 Å². The van der Waals surface area contributed by atoms with Gasteiger partial charge >= 0.3 is 5.97 Å². The highest BCUT2D eigenvalue weighted by Gasteiger charge is 2.36. The van der Waals surface area contributed by atoms with Crippen molar-refractivity contribution in [1.29, 1.82) is 0 Å². The number of esters is 1. The van der Waals surface area contributed by atoms with Gasteiger partial charge in [0.1, 0.15) is 0 Å². The van der Waals surface area contributed by atoms with E-state index in [0.717, 1.165) is 6.42 Å². The summed E-state index contributed by atoms with van der Waals surface area (Å²) in [6.07, 6.45) is 3.40. The second-order valence-corrected chi connectivity index (χ2v) is 6.20. The fourth-order valence-corrected chi connectivity index (χ4v) is 2.71. The summed E-state index contributed by atoms with van der Waals surface area (Å²) >= 11 is 0. The molecule has 0 heterocycles. The Balaban J connectivity index is 2.56. The SMILES string of the molecule is CC(=O)OCC1CC(C(C)(C)CO)CCC1C. The lowest BCUT2D eigenvalue weighted by atomic mass is 9.65. The topological polar surface area (TPSA) is 46.5 Å². The van der Waals surface area contributed by atoms with Crippen molar-refractivity contribution in [2.24, 2.45) is 23.2 Å². The summed E-state index contributed by atoms with van der Waals surface area (Å²) in [5.41, 5.74) is -0.0192. The molecule has 1 rings (SSSR count). The number of hydrogen-bond acceptors (Lipinski definition) is 3. The summed E-state index contributed by atoms with van der Waals surface area (Å²) in [4.78, 5) is 10.9. The molecule has 0 aliphatic heterocycles. The monoisotopic (exact) mass is 242 g/mol. The van der Waals surface area contributed by atoms with Crippen molar-refractivity contribution in [1.82, 2.24) is 0 Å². The molecule has 1 saturated carbocycles. The van der Waals surface area contributed by atoms with Gasteiger partial charge in [-0.3, -0.25) is 4.79 Å². The average Bonchev–Trinajstić information content (AvgIpc) is 2.27. The molecule has 0 spiro atoms. The maximum Gasteiger partial charge on any atom is 0.302 e. The number of hydrogen-bond donors (Lipinski definition) is 1. The minimum atomic E-state index is -0.194. The van der Waals surface area contributed by atoms with Gasteiger partial charge in [-0.05, 0) is 36.0 Å². The molecule has 0 bridgehead atoms. The van der Waals surface area contributed by atoms with E-state index < -0.39 is 0 Å². The van der Waals surface area contributed by atoms with Crippen molar-refractivity contribution < 1.29 is 14.6 Å². The third-order valence-electron chi connectivity index (χ3n) is 4.38. The second kappa shape index (κ2) is 5.85. The van der Waals surface area contributed by atoms with E-state index in [9.17, 15) is 9.90 Å². The first-order chi connectivity index (χ1) is 7.86. The highest BCUT2D eigenvalue weighted by Crippen LogP contribution is 2.42. The van der Waals surface area contributed by atoms with E-state index in [-0.39, 0.29) is 18.0 Å². The van der Waals surface area contributed by atoms with Gasteiger partial charge in [-0.15, -0.1) is 0 Å². The van der Waals surface area contributed by atoms with Crippen LogP contribution in [0.1, 0.15) is 47.0 Å².